The Morgan fingerprint density at radius 1 is 1.12 bits per heavy atom. The number of rotatable bonds is 4. The minimum absolute atomic E-state index is 0.0340. The number of amides is 1. The first-order valence-corrected chi connectivity index (χ1v) is 7.95. The molecule has 4 heterocycles. The number of hydrogen-bond donors (Lipinski definition) is 1. The third kappa shape index (κ3) is 3.11. The van der Waals surface area contributed by atoms with Crippen molar-refractivity contribution in [1.29, 1.82) is 0 Å². The van der Waals surface area contributed by atoms with Crippen LogP contribution in [0.4, 0.5) is 5.82 Å². The molecular weight excluding hydrogens is 306 g/mol. The van der Waals surface area contributed by atoms with Crippen LogP contribution in [0, 0.1) is 0 Å². The number of oxazole rings is 1. The van der Waals surface area contributed by atoms with Crippen molar-refractivity contribution in [3.63, 3.8) is 0 Å². The summed E-state index contributed by atoms with van der Waals surface area (Å²) in [6, 6.07) is 3.74. The molecule has 1 aliphatic rings. The van der Waals surface area contributed by atoms with Gasteiger partial charge < -0.3 is 9.73 Å². The van der Waals surface area contributed by atoms with E-state index in [4.69, 9.17) is 4.42 Å². The molecule has 7 heteroatoms. The van der Waals surface area contributed by atoms with Gasteiger partial charge >= 0.3 is 0 Å². The molecule has 0 radical (unpaired) electrons. The molecule has 0 atom stereocenters. The first kappa shape index (κ1) is 14.8. The third-order valence-electron chi connectivity index (χ3n) is 4.12. The molecule has 24 heavy (non-hydrogen) atoms. The summed E-state index contributed by atoms with van der Waals surface area (Å²) < 4.78 is 5.27. The summed E-state index contributed by atoms with van der Waals surface area (Å²) in [6.07, 6.45) is 8.76. The molecule has 1 N–H and O–H groups in total. The van der Waals surface area contributed by atoms with E-state index < -0.39 is 0 Å². The van der Waals surface area contributed by atoms with Crippen LogP contribution < -0.4 is 5.32 Å². The quantitative estimate of drug-likeness (QED) is 0.793. The van der Waals surface area contributed by atoms with E-state index in [1.807, 2.05) is 12.1 Å². The molecule has 1 amide bonds. The number of hydrogen-bond acceptors (Lipinski definition) is 6. The van der Waals surface area contributed by atoms with E-state index in [0.29, 0.717) is 23.8 Å². The fourth-order valence-electron chi connectivity index (χ4n) is 2.91. The fourth-order valence-corrected chi connectivity index (χ4v) is 2.91. The molecule has 122 valence electrons. The van der Waals surface area contributed by atoms with Crippen LogP contribution in [-0.2, 0) is 4.79 Å². The van der Waals surface area contributed by atoms with Gasteiger partial charge in [-0.05, 0) is 43.5 Å². The van der Waals surface area contributed by atoms with E-state index in [1.165, 1.54) is 19.2 Å². The standard InChI is InChI=1S/C17H17N5O2/c23-17(10-22-3-1-2-4-22)21-16-6-12-5-14(15-9-18-11-24-15)19-7-13(12)8-20-16/h5-9,11H,1-4,10H2,(H,20,21,23). The molecule has 0 spiro atoms. The van der Waals surface area contributed by atoms with Gasteiger partial charge in [-0.2, -0.15) is 0 Å². The van der Waals surface area contributed by atoms with Gasteiger partial charge in [-0.15, -0.1) is 0 Å². The predicted molar refractivity (Wildman–Crippen MR) is 89.3 cm³/mol. The van der Waals surface area contributed by atoms with Crippen LogP contribution in [-0.4, -0.2) is 45.4 Å². The zero-order chi connectivity index (χ0) is 16.4. The van der Waals surface area contributed by atoms with E-state index in [-0.39, 0.29) is 5.91 Å². The summed E-state index contributed by atoms with van der Waals surface area (Å²) in [5, 5.41) is 4.70. The minimum atomic E-state index is -0.0340. The number of anilines is 1. The average Bonchev–Trinajstić information content (AvgIpc) is 3.27. The molecule has 1 aliphatic heterocycles. The van der Waals surface area contributed by atoms with Crippen LogP contribution in [0.25, 0.3) is 22.2 Å². The average molecular weight is 323 g/mol. The Bertz CT molecular complexity index is 857. The molecule has 0 unspecified atom stereocenters. The van der Waals surface area contributed by atoms with Crippen molar-refractivity contribution in [3.05, 3.63) is 37.1 Å². The van der Waals surface area contributed by atoms with Gasteiger partial charge in [0.1, 0.15) is 11.5 Å². The van der Waals surface area contributed by atoms with E-state index in [1.54, 1.807) is 18.6 Å². The fraction of sp³-hybridized carbons (Fsp3) is 0.294. The first-order chi connectivity index (χ1) is 11.8. The number of aromatic nitrogens is 3. The maximum atomic E-state index is 12.1. The van der Waals surface area contributed by atoms with Gasteiger partial charge in [0.25, 0.3) is 0 Å². The second-order valence-corrected chi connectivity index (χ2v) is 5.88. The lowest BCUT2D eigenvalue weighted by Crippen LogP contribution is -2.31. The van der Waals surface area contributed by atoms with Gasteiger partial charge in [0.05, 0.1) is 12.7 Å². The SMILES string of the molecule is O=C(CN1CCCC1)Nc1cc2cc(-c3cnco3)ncc2cn1. The zero-order valence-electron chi connectivity index (χ0n) is 13.1. The number of pyridine rings is 2. The van der Waals surface area contributed by atoms with Crippen LogP contribution in [0.5, 0.6) is 0 Å². The third-order valence-corrected chi connectivity index (χ3v) is 4.12. The number of likely N-dealkylation sites (tertiary alicyclic amines) is 1. The highest BCUT2D eigenvalue weighted by molar-refractivity contribution is 5.94. The number of fused-ring (bicyclic) bond motifs is 1. The van der Waals surface area contributed by atoms with Crippen molar-refractivity contribution in [1.82, 2.24) is 19.9 Å². The maximum absolute atomic E-state index is 12.1. The van der Waals surface area contributed by atoms with Crippen molar-refractivity contribution < 1.29 is 9.21 Å². The Morgan fingerprint density at radius 3 is 2.75 bits per heavy atom. The molecule has 0 aromatic carbocycles. The van der Waals surface area contributed by atoms with E-state index in [9.17, 15) is 4.79 Å². The van der Waals surface area contributed by atoms with Crippen LogP contribution in [0.1, 0.15) is 12.8 Å². The lowest BCUT2D eigenvalue weighted by molar-refractivity contribution is -0.117. The second kappa shape index (κ2) is 6.37. The molecule has 0 aliphatic carbocycles. The van der Waals surface area contributed by atoms with Gasteiger partial charge in [0, 0.05) is 17.8 Å². The molecule has 4 rings (SSSR count). The number of nitrogens with one attached hydrogen (secondary N) is 1. The van der Waals surface area contributed by atoms with Crippen molar-refractivity contribution in [2.24, 2.45) is 0 Å². The zero-order valence-corrected chi connectivity index (χ0v) is 13.1. The maximum Gasteiger partial charge on any atom is 0.239 e. The van der Waals surface area contributed by atoms with Crippen LogP contribution in [0.15, 0.2) is 41.5 Å². The van der Waals surface area contributed by atoms with Crippen LogP contribution >= 0.6 is 0 Å². The van der Waals surface area contributed by atoms with Gasteiger partial charge in [0.2, 0.25) is 5.91 Å². The number of carbonyl (C=O) groups excluding carboxylic acids is 1. The lowest BCUT2D eigenvalue weighted by Gasteiger charge is -2.13. The topological polar surface area (TPSA) is 84.2 Å². The van der Waals surface area contributed by atoms with E-state index >= 15 is 0 Å². The number of nitrogens with zero attached hydrogens (tertiary/aromatic N) is 4. The van der Waals surface area contributed by atoms with Crippen molar-refractivity contribution in [2.45, 2.75) is 12.8 Å². The monoisotopic (exact) mass is 323 g/mol. The summed E-state index contributed by atoms with van der Waals surface area (Å²) >= 11 is 0. The Morgan fingerprint density at radius 2 is 1.96 bits per heavy atom. The molecule has 3 aromatic rings. The molecule has 1 saturated heterocycles. The molecule has 7 nitrogen and oxygen atoms in total. The summed E-state index contributed by atoms with van der Waals surface area (Å²) in [4.78, 5) is 26.8. The van der Waals surface area contributed by atoms with Gasteiger partial charge in [-0.25, -0.2) is 9.97 Å². The summed E-state index contributed by atoms with van der Waals surface area (Å²) in [5.41, 5.74) is 0.695. The van der Waals surface area contributed by atoms with Crippen LogP contribution in [0.2, 0.25) is 0 Å². The lowest BCUT2D eigenvalue weighted by atomic mass is 10.2. The smallest absolute Gasteiger partial charge is 0.239 e. The highest BCUT2D eigenvalue weighted by atomic mass is 16.3. The highest BCUT2D eigenvalue weighted by Crippen LogP contribution is 2.22. The Labute approximate surface area is 138 Å². The highest BCUT2D eigenvalue weighted by Gasteiger charge is 2.15. The molecule has 0 saturated carbocycles. The van der Waals surface area contributed by atoms with Crippen molar-refractivity contribution in [3.8, 4) is 11.5 Å². The summed E-state index contributed by atoms with van der Waals surface area (Å²) in [5.74, 6) is 1.11. The minimum Gasteiger partial charge on any atom is -0.442 e. The van der Waals surface area contributed by atoms with Gasteiger partial charge in [0.15, 0.2) is 12.2 Å². The number of carbonyl (C=O) groups is 1. The van der Waals surface area contributed by atoms with Crippen LogP contribution in [0.3, 0.4) is 0 Å². The van der Waals surface area contributed by atoms with Gasteiger partial charge in [-0.3, -0.25) is 14.7 Å². The first-order valence-electron chi connectivity index (χ1n) is 7.95. The van der Waals surface area contributed by atoms with Crippen molar-refractivity contribution in [2.75, 3.05) is 25.0 Å². The predicted octanol–water partition coefficient (Wildman–Crippen LogP) is 2.32. The Hall–Kier alpha value is -2.80. The normalized spacial score (nSPS) is 15.0. The molecule has 1 fully saturated rings. The Kier molecular flexibility index (Phi) is 3.92. The molecule has 3 aromatic heterocycles. The summed E-state index contributed by atoms with van der Waals surface area (Å²) in [6.45, 7) is 2.40. The molecular formula is C17H17N5O2. The second-order valence-electron chi connectivity index (χ2n) is 5.88. The summed E-state index contributed by atoms with van der Waals surface area (Å²) in [7, 11) is 0. The van der Waals surface area contributed by atoms with Crippen molar-refractivity contribution >= 4 is 22.5 Å². The Balaban J connectivity index is 1.54. The largest absolute Gasteiger partial charge is 0.442 e. The van der Waals surface area contributed by atoms with E-state index in [2.05, 4.69) is 25.2 Å². The van der Waals surface area contributed by atoms with Gasteiger partial charge in [-0.1, -0.05) is 0 Å². The molecule has 0 bridgehead atoms. The van der Waals surface area contributed by atoms with E-state index in [0.717, 1.165) is 23.9 Å².